The fourth-order valence-electron chi connectivity index (χ4n) is 3.77. The van der Waals surface area contributed by atoms with Crippen LogP contribution in [0.1, 0.15) is 36.6 Å². The van der Waals surface area contributed by atoms with Gasteiger partial charge in [-0.05, 0) is 41.8 Å². The van der Waals surface area contributed by atoms with Gasteiger partial charge in [0.25, 0.3) is 0 Å². The summed E-state index contributed by atoms with van der Waals surface area (Å²) in [5, 5.41) is 4.29. The number of fused-ring (bicyclic) bond motifs is 1. The van der Waals surface area contributed by atoms with Gasteiger partial charge >= 0.3 is 5.97 Å². The SMILES string of the molecule is COC(=O)COc1ccc(F)c2[nH]c(C(C)C)c(Cc3ccc(-n4cccn4)cc3)c(=O)c12. The van der Waals surface area contributed by atoms with E-state index >= 15 is 0 Å². The number of esters is 1. The van der Waals surface area contributed by atoms with E-state index in [1.807, 2.05) is 50.4 Å². The minimum Gasteiger partial charge on any atom is -0.481 e. The molecule has 0 atom stereocenters. The van der Waals surface area contributed by atoms with E-state index in [-0.39, 0.29) is 34.6 Å². The fraction of sp³-hybridized carbons (Fsp3) is 0.240. The number of carbonyl (C=O) groups excluding carboxylic acids is 1. The van der Waals surface area contributed by atoms with Crippen LogP contribution < -0.4 is 10.2 Å². The second-order valence-corrected chi connectivity index (χ2v) is 7.96. The van der Waals surface area contributed by atoms with Gasteiger partial charge in [-0.15, -0.1) is 0 Å². The molecule has 0 aliphatic rings. The van der Waals surface area contributed by atoms with Gasteiger partial charge in [-0.2, -0.15) is 5.10 Å². The molecule has 0 aliphatic carbocycles. The highest BCUT2D eigenvalue weighted by Crippen LogP contribution is 2.28. The number of pyridine rings is 1. The van der Waals surface area contributed by atoms with Gasteiger partial charge in [0.05, 0.1) is 23.7 Å². The molecule has 2 aromatic carbocycles. The molecule has 0 spiro atoms. The Morgan fingerprint density at radius 2 is 1.94 bits per heavy atom. The van der Waals surface area contributed by atoms with Crippen molar-refractivity contribution < 1.29 is 18.7 Å². The van der Waals surface area contributed by atoms with Crippen molar-refractivity contribution in [3.05, 3.63) is 87.7 Å². The Morgan fingerprint density at radius 3 is 2.58 bits per heavy atom. The summed E-state index contributed by atoms with van der Waals surface area (Å²) in [6.07, 6.45) is 3.91. The maximum absolute atomic E-state index is 14.7. The summed E-state index contributed by atoms with van der Waals surface area (Å²) in [5.74, 6) is -1.08. The molecule has 0 unspecified atom stereocenters. The molecule has 33 heavy (non-hydrogen) atoms. The van der Waals surface area contributed by atoms with Crippen molar-refractivity contribution in [2.45, 2.75) is 26.2 Å². The lowest BCUT2D eigenvalue weighted by molar-refractivity contribution is -0.142. The number of halogens is 1. The number of aromatic nitrogens is 3. The van der Waals surface area contributed by atoms with Crippen molar-refractivity contribution in [2.75, 3.05) is 13.7 Å². The lowest BCUT2D eigenvalue weighted by Gasteiger charge is -2.17. The molecule has 0 fully saturated rings. The number of H-pyrrole nitrogens is 1. The van der Waals surface area contributed by atoms with Gasteiger partial charge in [-0.25, -0.2) is 13.9 Å². The molecule has 0 bridgehead atoms. The Morgan fingerprint density at radius 1 is 1.18 bits per heavy atom. The van der Waals surface area contributed by atoms with Crippen LogP contribution in [0.15, 0.2) is 59.7 Å². The van der Waals surface area contributed by atoms with E-state index in [1.54, 1.807) is 10.9 Å². The van der Waals surface area contributed by atoms with Crippen LogP contribution in [0.4, 0.5) is 4.39 Å². The van der Waals surface area contributed by atoms with Crippen LogP contribution in [0.2, 0.25) is 0 Å². The molecule has 7 nitrogen and oxygen atoms in total. The van der Waals surface area contributed by atoms with Crippen LogP contribution in [-0.4, -0.2) is 34.5 Å². The number of hydrogen-bond donors (Lipinski definition) is 1. The van der Waals surface area contributed by atoms with E-state index in [4.69, 9.17) is 4.74 Å². The highest BCUT2D eigenvalue weighted by molar-refractivity contribution is 5.87. The highest BCUT2D eigenvalue weighted by atomic mass is 19.1. The molecule has 2 aromatic heterocycles. The number of rotatable bonds is 7. The zero-order valence-corrected chi connectivity index (χ0v) is 18.6. The van der Waals surface area contributed by atoms with E-state index < -0.39 is 11.8 Å². The standard InChI is InChI=1S/C25H24FN3O4/c1-15(2)23-18(13-16-5-7-17(8-6-16)29-12-4-11-27-29)25(31)22-20(33-14-21(30)32-3)10-9-19(26)24(22)28-23/h4-12,15H,13-14H2,1-3H3,(H,28,31). The molecule has 2 heterocycles. The zero-order valence-electron chi connectivity index (χ0n) is 18.6. The Kier molecular flexibility index (Phi) is 6.26. The molecular weight excluding hydrogens is 425 g/mol. The third-order valence-corrected chi connectivity index (χ3v) is 5.44. The molecule has 0 saturated carbocycles. The maximum atomic E-state index is 14.7. The van der Waals surface area contributed by atoms with Gasteiger partial charge in [0.15, 0.2) is 12.0 Å². The van der Waals surface area contributed by atoms with Gasteiger partial charge in [0.2, 0.25) is 0 Å². The van der Waals surface area contributed by atoms with Crippen molar-refractivity contribution >= 4 is 16.9 Å². The number of methoxy groups -OCH3 is 1. The first-order valence-electron chi connectivity index (χ1n) is 10.5. The fourth-order valence-corrected chi connectivity index (χ4v) is 3.77. The summed E-state index contributed by atoms with van der Waals surface area (Å²) in [5.41, 5.74) is 2.74. The minimum atomic E-state index is -0.597. The molecule has 4 rings (SSSR count). The Balaban J connectivity index is 1.79. The monoisotopic (exact) mass is 449 g/mol. The van der Waals surface area contributed by atoms with Crippen LogP contribution in [0, 0.1) is 5.82 Å². The van der Waals surface area contributed by atoms with Crippen molar-refractivity contribution in [3.8, 4) is 11.4 Å². The van der Waals surface area contributed by atoms with Gasteiger partial charge in [0, 0.05) is 30.1 Å². The summed E-state index contributed by atoms with van der Waals surface area (Å²) < 4.78 is 26.5. The maximum Gasteiger partial charge on any atom is 0.343 e. The summed E-state index contributed by atoms with van der Waals surface area (Å²) in [6, 6.07) is 12.1. The average Bonchev–Trinajstić information content (AvgIpc) is 3.35. The first-order valence-corrected chi connectivity index (χ1v) is 10.5. The van der Waals surface area contributed by atoms with E-state index in [1.165, 1.54) is 19.2 Å². The molecule has 8 heteroatoms. The summed E-state index contributed by atoms with van der Waals surface area (Å²) in [7, 11) is 1.24. The quantitative estimate of drug-likeness (QED) is 0.429. The first kappa shape index (κ1) is 22.3. The van der Waals surface area contributed by atoms with Crippen molar-refractivity contribution in [2.24, 2.45) is 0 Å². The molecule has 0 amide bonds. The first-order chi connectivity index (χ1) is 15.9. The molecular formula is C25H24FN3O4. The second kappa shape index (κ2) is 9.28. The Hall–Kier alpha value is -3.94. The van der Waals surface area contributed by atoms with Gasteiger partial charge in [0.1, 0.15) is 11.6 Å². The lowest BCUT2D eigenvalue weighted by atomic mass is 9.95. The molecule has 0 saturated heterocycles. The normalized spacial score (nSPS) is 11.2. The topological polar surface area (TPSA) is 86.2 Å². The largest absolute Gasteiger partial charge is 0.481 e. The smallest absolute Gasteiger partial charge is 0.343 e. The molecule has 0 radical (unpaired) electrons. The second-order valence-electron chi connectivity index (χ2n) is 7.96. The van der Waals surface area contributed by atoms with Crippen LogP contribution in [0.3, 0.4) is 0 Å². The molecule has 1 N–H and O–H groups in total. The predicted molar refractivity (Wildman–Crippen MR) is 122 cm³/mol. The molecule has 4 aromatic rings. The zero-order chi connectivity index (χ0) is 23.5. The van der Waals surface area contributed by atoms with Crippen LogP contribution in [-0.2, 0) is 16.0 Å². The van der Waals surface area contributed by atoms with Crippen LogP contribution in [0.5, 0.6) is 5.75 Å². The highest BCUT2D eigenvalue weighted by Gasteiger charge is 2.20. The van der Waals surface area contributed by atoms with Crippen molar-refractivity contribution in [3.63, 3.8) is 0 Å². The van der Waals surface area contributed by atoms with Crippen LogP contribution >= 0.6 is 0 Å². The van der Waals surface area contributed by atoms with E-state index in [0.717, 1.165) is 11.3 Å². The van der Waals surface area contributed by atoms with Crippen LogP contribution in [0.25, 0.3) is 16.6 Å². The number of aromatic amines is 1. The summed E-state index contributed by atoms with van der Waals surface area (Å²) in [4.78, 5) is 28.2. The average molecular weight is 449 g/mol. The van der Waals surface area contributed by atoms with Crippen molar-refractivity contribution in [1.82, 2.24) is 14.8 Å². The van der Waals surface area contributed by atoms with E-state index in [9.17, 15) is 14.0 Å². The lowest BCUT2D eigenvalue weighted by Crippen LogP contribution is -2.19. The van der Waals surface area contributed by atoms with E-state index in [0.29, 0.717) is 17.7 Å². The summed E-state index contributed by atoms with van der Waals surface area (Å²) >= 11 is 0. The van der Waals surface area contributed by atoms with Gasteiger partial charge < -0.3 is 14.5 Å². The number of nitrogens with one attached hydrogen (secondary N) is 1. The predicted octanol–water partition coefficient (Wildman–Crippen LogP) is 4.12. The third kappa shape index (κ3) is 4.50. The molecule has 0 aliphatic heterocycles. The number of hydrogen-bond acceptors (Lipinski definition) is 5. The number of ether oxygens (including phenoxy) is 2. The number of benzene rings is 2. The van der Waals surface area contributed by atoms with Crippen molar-refractivity contribution in [1.29, 1.82) is 0 Å². The Bertz CT molecular complexity index is 1340. The van der Waals surface area contributed by atoms with Gasteiger partial charge in [-0.3, -0.25) is 4.79 Å². The van der Waals surface area contributed by atoms with Gasteiger partial charge in [-0.1, -0.05) is 26.0 Å². The number of nitrogens with zero attached hydrogens (tertiary/aromatic N) is 2. The minimum absolute atomic E-state index is 0.0421. The van der Waals surface area contributed by atoms with E-state index in [2.05, 4.69) is 14.8 Å². The number of carbonyl (C=O) groups is 1. The summed E-state index contributed by atoms with van der Waals surface area (Å²) in [6.45, 7) is 3.50. The Labute approximate surface area is 189 Å². The third-order valence-electron chi connectivity index (χ3n) is 5.44. The molecule has 170 valence electrons.